The lowest BCUT2D eigenvalue weighted by molar-refractivity contribution is 0.745. The number of H-pyrrole nitrogens is 1. The van der Waals surface area contributed by atoms with E-state index in [2.05, 4.69) is 60.0 Å². The molecule has 5 heteroatoms. The first kappa shape index (κ1) is 17.8. The third kappa shape index (κ3) is 4.54. The fourth-order valence-corrected chi connectivity index (χ4v) is 4.04. The third-order valence-electron chi connectivity index (χ3n) is 4.65. The van der Waals surface area contributed by atoms with Gasteiger partial charge in [-0.2, -0.15) is 5.10 Å². The maximum Gasteiger partial charge on any atom is 0.0933 e. The first-order chi connectivity index (χ1) is 12.0. The van der Waals surface area contributed by atoms with E-state index in [4.69, 9.17) is 0 Å². The largest absolute Gasteiger partial charge is 0.285 e. The molecular weight excluding hydrogens is 328 g/mol. The first-order valence-electron chi connectivity index (χ1n) is 8.91. The number of nitrogens with one attached hydrogen (secondary N) is 1. The molecule has 3 aromatic rings. The molecule has 0 amide bonds. The minimum absolute atomic E-state index is 0.428. The van der Waals surface area contributed by atoms with Crippen LogP contribution in [0.4, 0.5) is 0 Å². The number of thiazole rings is 1. The van der Waals surface area contributed by atoms with Gasteiger partial charge in [0, 0.05) is 35.6 Å². The third-order valence-corrected chi connectivity index (χ3v) is 5.90. The van der Waals surface area contributed by atoms with Crippen LogP contribution in [0.1, 0.15) is 72.2 Å². The van der Waals surface area contributed by atoms with E-state index in [0.717, 1.165) is 12.8 Å². The second-order valence-corrected chi connectivity index (χ2v) is 8.28. The van der Waals surface area contributed by atoms with Crippen LogP contribution in [-0.4, -0.2) is 20.2 Å². The summed E-state index contributed by atoms with van der Waals surface area (Å²) in [6.07, 6.45) is 9.75. The molecule has 4 nitrogen and oxygen atoms in total. The van der Waals surface area contributed by atoms with Gasteiger partial charge in [0.25, 0.3) is 0 Å². The standard InChI is InChI=1S/C20H26N4S/c1-13(2)16-5-6-21-18(9-16)7-15(4)19-12-22-20(25-19)8-14(3)17-10-23-24-11-17/h5-6,9-15H,7-8H2,1-4H3,(H,23,24). The fraction of sp³-hybridized carbons (Fsp3) is 0.450. The van der Waals surface area contributed by atoms with Crippen LogP contribution in [0.2, 0.25) is 0 Å². The van der Waals surface area contributed by atoms with E-state index in [1.165, 1.54) is 26.7 Å². The van der Waals surface area contributed by atoms with Gasteiger partial charge in [-0.15, -0.1) is 11.3 Å². The smallest absolute Gasteiger partial charge is 0.0933 e. The monoisotopic (exact) mass is 354 g/mol. The lowest BCUT2D eigenvalue weighted by Crippen LogP contribution is -2.00. The molecule has 132 valence electrons. The number of aromatic amines is 1. The van der Waals surface area contributed by atoms with E-state index < -0.39 is 0 Å². The Morgan fingerprint density at radius 2 is 1.84 bits per heavy atom. The van der Waals surface area contributed by atoms with Gasteiger partial charge in [0.2, 0.25) is 0 Å². The van der Waals surface area contributed by atoms with Crippen LogP contribution in [0, 0.1) is 0 Å². The van der Waals surface area contributed by atoms with Gasteiger partial charge >= 0.3 is 0 Å². The highest BCUT2D eigenvalue weighted by molar-refractivity contribution is 7.11. The minimum atomic E-state index is 0.428. The van der Waals surface area contributed by atoms with Gasteiger partial charge in [-0.25, -0.2) is 4.98 Å². The van der Waals surface area contributed by atoms with E-state index in [9.17, 15) is 0 Å². The minimum Gasteiger partial charge on any atom is -0.285 e. The number of hydrogen-bond donors (Lipinski definition) is 1. The molecule has 0 aromatic carbocycles. The van der Waals surface area contributed by atoms with Crippen molar-refractivity contribution in [1.29, 1.82) is 0 Å². The molecule has 0 saturated carbocycles. The van der Waals surface area contributed by atoms with E-state index in [1.54, 1.807) is 0 Å². The maximum absolute atomic E-state index is 4.64. The Hall–Kier alpha value is -2.01. The second-order valence-electron chi connectivity index (χ2n) is 7.13. The average molecular weight is 355 g/mol. The van der Waals surface area contributed by atoms with Crippen molar-refractivity contribution in [2.75, 3.05) is 0 Å². The summed E-state index contributed by atoms with van der Waals surface area (Å²) < 4.78 is 0. The lowest BCUT2D eigenvalue weighted by atomic mass is 9.99. The predicted octanol–water partition coefficient (Wildman–Crippen LogP) is 5.08. The summed E-state index contributed by atoms with van der Waals surface area (Å²) in [7, 11) is 0. The van der Waals surface area contributed by atoms with E-state index >= 15 is 0 Å². The van der Waals surface area contributed by atoms with Gasteiger partial charge in [0.1, 0.15) is 0 Å². The molecule has 25 heavy (non-hydrogen) atoms. The zero-order valence-electron chi connectivity index (χ0n) is 15.4. The van der Waals surface area contributed by atoms with Gasteiger partial charge in [0.05, 0.1) is 11.2 Å². The lowest BCUT2D eigenvalue weighted by Gasteiger charge is -2.11. The highest BCUT2D eigenvalue weighted by Gasteiger charge is 2.15. The molecule has 0 aliphatic carbocycles. The summed E-state index contributed by atoms with van der Waals surface area (Å²) in [6.45, 7) is 8.93. The van der Waals surface area contributed by atoms with Crippen molar-refractivity contribution in [3.8, 4) is 0 Å². The Bertz CT molecular complexity index is 792. The fourth-order valence-electron chi connectivity index (χ4n) is 2.94. The van der Waals surface area contributed by atoms with Gasteiger partial charge in [-0.05, 0) is 47.4 Å². The van der Waals surface area contributed by atoms with Crippen LogP contribution >= 0.6 is 11.3 Å². The summed E-state index contributed by atoms with van der Waals surface area (Å²) in [4.78, 5) is 10.5. The van der Waals surface area contributed by atoms with Crippen molar-refractivity contribution in [1.82, 2.24) is 20.2 Å². The molecule has 0 aliphatic rings. The molecule has 3 rings (SSSR count). The molecule has 0 radical (unpaired) electrons. The molecule has 0 saturated heterocycles. The van der Waals surface area contributed by atoms with Crippen molar-refractivity contribution < 1.29 is 0 Å². The van der Waals surface area contributed by atoms with Crippen LogP contribution in [0.3, 0.4) is 0 Å². The zero-order chi connectivity index (χ0) is 17.8. The van der Waals surface area contributed by atoms with Crippen molar-refractivity contribution in [2.45, 2.75) is 58.3 Å². The Kier molecular flexibility index (Phi) is 5.63. The summed E-state index contributed by atoms with van der Waals surface area (Å²) in [5.74, 6) is 1.40. The van der Waals surface area contributed by atoms with Gasteiger partial charge < -0.3 is 0 Å². The zero-order valence-corrected chi connectivity index (χ0v) is 16.2. The second kappa shape index (κ2) is 7.91. The molecule has 0 spiro atoms. The first-order valence-corrected chi connectivity index (χ1v) is 9.72. The van der Waals surface area contributed by atoms with Crippen molar-refractivity contribution in [2.24, 2.45) is 0 Å². The summed E-state index contributed by atoms with van der Waals surface area (Å²) in [5.41, 5.74) is 3.76. The molecule has 1 N–H and O–H groups in total. The van der Waals surface area contributed by atoms with E-state index in [1.807, 2.05) is 36.1 Å². The molecule has 2 unspecified atom stereocenters. The van der Waals surface area contributed by atoms with Crippen LogP contribution in [0.25, 0.3) is 0 Å². The summed E-state index contributed by atoms with van der Waals surface area (Å²) in [6, 6.07) is 4.35. The van der Waals surface area contributed by atoms with Gasteiger partial charge in [-0.1, -0.05) is 27.7 Å². The van der Waals surface area contributed by atoms with E-state index in [0.29, 0.717) is 17.8 Å². The number of rotatable bonds is 7. The maximum atomic E-state index is 4.64. The SMILES string of the molecule is CC(C)c1ccnc(CC(C)c2cnc(CC(C)c3cn[nH]c3)s2)c1. The van der Waals surface area contributed by atoms with Crippen LogP contribution in [0.15, 0.2) is 36.9 Å². The van der Waals surface area contributed by atoms with Crippen molar-refractivity contribution >= 4 is 11.3 Å². The van der Waals surface area contributed by atoms with Crippen LogP contribution < -0.4 is 0 Å². The summed E-state index contributed by atoms with van der Waals surface area (Å²) in [5, 5.41) is 8.12. The highest BCUT2D eigenvalue weighted by Crippen LogP contribution is 2.29. The number of aromatic nitrogens is 4. The van der Waals surface area contributed by atoms with Crippen LogP contribution in [-0.2, 0) is 12.8 Å². The normalized spacial score (nSPS) is 14.0. The molecular formula is C20H26N4S. The predicted molar refractivity (Wildman–Crippen MR) is 103 cm³/mol. The molecule has 0 aliphatic heterocycles. The Labute approximate surface area is 153 Å². The van der Waals surface area contributed by atoms with E-state index in [-0.39, 0.29) is 0 Å². The Morgan fingerprint density at radius 3 is 2.56 bits per heavy atom. The van der Waals surface area contributed by atoms with Crippen LogP contribution in [0.5, 0.6) is 0 Å². The quantitative estimate of drug-likeness (QED) is 0.644. The number of nitrogens with zero attached hydrogens (tertiary/aromatic N) is 3. The molecule has 0 bridgehead atoms. The van der Waals surface area contributed by atoms with Crippen molar-refractivity contribution in [3.05, 3.63) is 63.6 Å². The van der Waals surface area contributed by atoms with Gasteiger partial charge in [0.15, 0.2) is 0 Å². The topological polar surface area (TPSA) is 54.5 Å². The Morgan fingerprint density at radius 1 is 1.00 bits per heavy atom. The highest BCUT2D eigenvalue weighted by atomic mass is 32.1. The summed E-state index contributed by atoms with van der Waals surface area (Å²) >= 11 is 1.83. The Balaban J connectivity index is 1.64. The number of hydrogen-bond acceptors (Lipinski definition) is 4. The van der Waals surface area contributed by atoms with Crippen molar-refractivity contribution in [3.63, 3.8) is 0 Å². The molecule has 0 fully saturated rings. The molecule has 2 atom stereocenters. The average Bonchev–Trinajstić information content (AvgIpc) is 3.26. The van der Waals surface area contributed by atoms with Gasteiger partial charge in [-0.3, -0.25) is 10.1 Å². The number of pyridine rings is 1. The molecule has 3 aromatic heterocycles. The molecule has 3 heterocycles.